The van der Waals surface area contributed by atoms with Gasteiger partial charge in [-0.2, -0.15) is 5.26 Å². The molecule has 0 saturated heterocycles. The Morgan fingerprint density at radius 3 is 2.59 bits per heavy atom. The van der Waals surface area contributed by atoms with Crippen LogP contribution in [-0.2, 0) is 0 Å². The monoisotopic (exact) mass is 229 g/mol. The summed E-state index contributed by atoms with van der Waals surface area (Å²) in [6.45, 7) is 6.96. The minimum atomic E-state index is 0.119. The van der Waals surface area contributed by atoms with Gasteiger partial charge in [0.25, 0.3) is 0 Å². The second kappa shape index (κ2) is 5.08. The summed E-state index contributed by atoms with van der Waals surface area (Å²) in [4.78, 5) is 0. The molecule has 17 heavy (non-hydrogen) atoms. The van der Waals surface area contributed by atoms with Crippen LogP contribution in [0.25, 0.3) is 0 Å². The fourth-order valence-corrected chi connectivity index (χ4v) is 3.39. The zero-order valence-corrected chi connectivity index (χ0v) is 11.1. The van der Waals surface area contributed by atoms with Crippen molar-refractivity contribution in [1.82, 2.24) is 0 Å². The smallest absolute Gasteiger partial charge is 0.0700 e. The Hall–Kier alpha value is -1.03. The van der Waals surface area contributed by atoms with E-state index in [0.29, 0.717) is 23.7 Å². The van der Waals surface area contributed by atoms with Crippen LogP contribution in [0.15, 0.2) is 24.3 Å². The zero-order valence-electron chi connectivity index (χ0n) is 11.1. The molecule has 2 aliphatic rings. The van der Waals surface area contributed by atoms with Gasteiger partial charge in [0.1, 0.15) is 0 Å². The molecule has 0 N–H and O–H groups in total. The van der Waals surface area contributed by atoms with E-state index in [1.54, 1.807) is 0 Å². The average Bonchev–Trinajstić information content (AvgIpc) is 2.33. The summed E-state index contributed by atoms with van der Waals surface area (Å²) in [5.41, 5.74) is 0. The molecule has 1 heteroatoms. The lowest BCUT2D eigenvalue weighted by Gasteiger charge is -2.39. The van der Waals surface area contributed by atoms with Crippen LogP contribution < -0.4 is 0 Å². The highest BCUT2D eigenvalue weighted by atomic mass is 14.4. The molecule has 0 aromatic heterocycles. The van der Waals surface area contributed by atoms with E-state index >= 15 is 0 Å². The number of hydrogen-bond donors (Lipinski definition) is 0. The Morgan fingerprint density at radius 2 is 1.88 bits per heavy atom. The summed E-state index contributed by atoms with van der Waals surface area (Å²) in [6, 6.07) is 2.49. The zero-order chi connectivity index (χ0) is 12.4. The van der Waals surface area contributed by atoms with Crippen molar-refractivity contribution in [2.75, 3.05) is 0 Å². The van der Waals surface area contributed by atoms with Crippen LogP contribution in [0.1, 0.15) is 33.6 Å². The van der Waals surface area contributed by atoms with Crippen molar-refractivity contribution in [2.45, 2.75) is 33.6 Å². The van der Waals surface area contributed by atoms with Crippen molar-refractivity contribution in [1.29, 1.82) is 5.26 Å². The summed E-state index contributed by atoms with van der Waals surface area (Å²) in [5.74, 6) is 3.32. The third-order valence-electron chi connectivity index (χ3n) is 4.77. The topological polar surface area (TPSA) is 23.8 Å². The number of nitriles is 1. The molecule has 0 radical (unpaired) electrons. The molecule has 2 rings (SSSR count). The van der Waals surface area contributed by atoms with Crippen LogP contribution in [0.3, 0.4) is 0 Å². The first-order chi connectivity index (χ1) is 8.13. The van der Waals surface area contributed by atoms with Gasteiger partial charge in [0.2, 0.25) is 0 Å². The van der Waals surface area contributed by atoms with Gasteiger partial charge in [-0.3, -0.25) is 0 Å². The summed E-state index contributed by atoms with van der Waals surface area (Å²) in [5, 5.41) is 9.31. The highest BCUT2D eigenvalue weighted by Crippen LogP contribution is 2.42. The maximum atomic E-state index is 9.31. The minimum absolute atomic E-state index is 0.119. The van der Waals surface area contributed by atoms with E-state index in [0.717, 1.165) is 5.92 Å². The van der Waals surface area contributed by atoms with Gasteiger partial charge in [-0.15, -0.1) is 0 Å². The van der Waals surface area contributed by atoms with Gasteiger partial charge in [0.05, 0.1) is 12.0 Å². The van der Waals surface area contributed by atoms with Crippen LogP contribution >= 0.6 is 0 Å². The lowest BCUT2D eigenvalue weighted by Crippen LogP contribution is -2.33. The van der Waals surface area contributed by atoms with Gasteiger partial charge >= 0.3 is 0 Å². The molecule has 0 aromatic rings. The fraction of sp³-hybridized carbons (Fsp3) is 0.688. The van der Waals surface area contributed by atoms with Gasteiger partial charge in [0.15, 0.2) is 0 Å². The van der Waals surface area contributed by atoms with Gasteiger partial charge in [-0.1, -0.05) is 45.1 Å². The maximum Gasteiger partial charge on any atom is 0.0700 e. The standard InChI is InChI=1S/C16H23N/c1-11-7-8-14(10-17)16(9-11)15-6-4-5-12(2)13(15)3/h4,6-8,11-16H,5,9H2,1-3H3. The summed E-state index contributed by atoms with van der Waals surface area (Å²) < 4.78 is 0. The Labute approximate surface area is 105 Å². The molecular formula is C16H23N. The Bertz CT molecular complexity index is 360. The molecule has 0 saturated carbocycles. The number of rotatable bonds is 1. The average molecular weight is 229 g/mol. The molecule has 6 unspecified atom stereocenters. The lowest BCUT2D eigenvalue weighted by molar-refractivity contribution is 0.174. The van der Waals surface area contributed by atoms with Crippen LogP contribution in [0.4, 0.5) is 0 Å². The number of hydrogen-bond acceptors (Lipinski definition) is 1. The molecular weight excluding hydrogens is 206 g/mol. The molecule has 0 aliphatic heterocycles. The van der Waals surface area contributed by atoms with Crippen LogP contribution in [0.2, 0.25) is 0 Å². The molecule has 2 aliphatic carbocycles. The maximum absolute atomic E-state index is 9.31. The predicted molar refractivity (Wildman–Crippen MR) is 71.1 cm³/mol. The fourth-order valence-electron chi connectivity index (χ4n) is 3.39. The highest BCUT2D eigenvalue weighted by Gasteiger charge is 2.36. The predicted octanol–water partition coefficient (Wildman–Crippen LogP) is 4.19. The normalized spacial score (nSPS) is 45.5. The quantitative estimate of drug-likeness (QED) is 0.619. The summed E-state index contributed by atoms with van der Waals surface area (Å²) >= 11 is 0. The van der Waals surface area contributed by atoms with E-state index < -0.39 is 0 Å². The molecule has 0 fully saturated rings. The van der Waals surface area contributed by atoms with E-state index in [1.807, 2.05) is 0 Å². The third kappa shape index (κ3) is 2.46. The van der Waals surface area contributed by atoms with E-state index in [1.165, 1.54) is 12.8 Å². The SMILES string of the molecule is CC1C=CC(C#N)C(C2C=CCC(C)C2C)C1. The van der Waals surface area contributed by atoms with Crippen LogP contribution in [-0.4, -0.2) is 0 Å². The summed E-state index contributed by atoms with van der Waals surface area (Å²) in [7, 11) is 0. The molecule has 92 valence electrons. The Morgan fingerprint density at radius 1 is 1.12 bits per heavy atom. The molecule has 0 heterocycles. The Balaban J connectivity index is 2.20. The van der Waals surface area contributed by atoms with Gasteiger partial charge < -0.3 is 0 Å². The van der Waals surface area contributed by atoms with Crippen molar-refractivity contribution in [3.63, 3.8) is 0 Å². The number of allylic oxidation sites excluding steroid dienone is 4. The van der Waals surface area contributed by atoms with Crippen molar-refractivity contribution < 1.29 is 0 Å². The highest BCUT2D eigenvalue weighted by molar-refractivity contribution is 5.13. The van der Waals surface area contributed by atoms with E-state index in [9.17, 15) is 5.26 Å². The molecule has 0 amide bonds. The second-order valence-corrected chi connectivity index (χ2v) is 5.99. The van der Waals surface area contributed by atoms with E-state index in [2.05, 4.69) is 51.1 Å². The lowest BCUT2D eigenvalue weighted by atomic mass is 9.65. The van der Waals surface area contributed by atoms with Gasteiger partial charge in [-0.05, 0) is 42.4 Å². The van der Waals surface area contributed by atoms with Crippen LogP contribution in [0.5, 0.6) is 0 Å². The van der Waals surface area contributed by atoms with Crippen molar-refractivity contribution in [3.8, 4) is 6.07 Å². The first-order valence-corrected chi connectivity index (χ1v) is 6.88. The molecule has 0 bridgehead atoms. The second-order valence-electron chi connectivity index (χ2n) is 5.99. The van der Waals surface area contributed by atoms with Gasteiger partial charge in [0, 0.05) is 0 Å². The summed E-state index contributed by atoms with van der Waals surface area (Å²) in [6.07, 6.45) is 11.4. The molecule has 0 aromatic carbocycles. The van der Waals surface area contributed by atoms with E-state index in [-0.39, 0.29) is 5.92 Å². The van der Waals surface area contributed by atoms with Crippen molar-refractivity contribution in [2.24, 2.45) is 35.5 Å². The van der Waals surface area contributed by atoms with E-state index in [4.69, 9.17) is 0 Å². The van der Waals surface area contributed by atoms with Crippen LogP contribution in [0, 0.1) is 46.8 Å². The molecule has 1 nitrogen and oxygen atoms in total. The molecule has 6 atom stereocenters. The molecule has 0 spiro atoms. The van der Waals surface area contributed by atoms with Crippen molar-refractivity contribution in [3.05, 3.63) is 24.3 Å². The third-order valence-corrected chi connectivity index (χ3v) is 4.77. The number of nitrogens with zero attached hydrogens (tertiary/aromatic N) is 1. The first-order valence-electron chi connectivity index (χ1n) is 6.88. The Kier molecular flexibility index (Phi) is 3.72. The van der Waals surface area contributed by atoms with Gasteiger partial charge in [-0.25, -0.2) is 0 Å². The minimum Gasteiger partial charge on any atom is -0.198 e. The largest absolute Gasteiger partial charge is 0.198 e. The first kappa shape index (κ1) is 12.4. The van der Waals surface area contributed by atoms with Crippen molar-refractivity contribution >= 4 is 0 Å².